The van der Waals surface area contributed by atoms with Crippen LogP contribution in [0.4, 0.5) is 5.82 Å². The van der Waals surface area contributed by atoms with E-state index in [2.05, 4.69) is 37.0 Å². The molecular weight excluding hydrogens is 332 g/mol. The van der Waals surface area contributed by atoms with E-state index in [0.717, 1.165) is 24.5 Å². The van der Waals surface area contributed by atoms with Gasteiger partial charge in [0.25, 0.3) is 0 Å². The molecule has 14 heavy (non-hydrogen) atoms. The largest absolute Gasteiger partial charge is 0.381 e. The fourth-order valence-corrected chi connectivity index (χ4v) is 3.11. The molecule has 2 aromatic heterocycles. The Morgan fingerprint density at radius 1 is 1.50 bits per heavy atom. The zero-order valence-electron chi connectivity index (χ0n) is 7.17. The molecule has 0 saturated heterocycles. The molecule has 2 rings (SSSR count). The van der Waals surface area contributed by atoms with E-state index in [-0.39, 0.29) is 0 Å². The summed E-state index contributed by atoms with van der Waals surface area (Å²) in [6.07, 6.45) is 0. The van der Waals surface area contributed by atoms with E-state index in [1.807, 2.05) is 13.0 Å². The fourth-order valence-electron chi connectivity index (χ4n) is 1.04. The molecule has 2 aromatic rings. The lowest BCUT2D eigenvalue weighted by Gasteiger charge is -1.89. The lowest BCUT2D eigenvalue weighted by Crippen LogP contribution is -1.85. The monoisotopic (exact) mass is 336 g/mol. The summed E-state index contributed by atoms with van der Waals surface area (Å²) in [5, 5.41) is 3.71. The van der Waals surface area contributed by atoms with Crippen LogP contribution in [0.5, 0.6) is 0 Å². The lowest BCUT2D eigenvalue weighted by molar-refractivity contribution is 0.436. The predicted molar refractivity (Wildman–Crippen MR) is 64.4 cm³/mol. The van der Waals surface area contributed by atoms with Crippen LogP contribution in [0, 0.1) is 6.92 Å². The Hall–Kier alpha value is -0.330. The highest BCUT2D eigenvalue weighted by molar-refractivity contribution is 9.13. The first-order valence-corrected chi connectivity index (χ1v) is 6.17. The number of rotatable bonds is 1. The summed E-state index contributed by atoms with van der Waals surface area (Å²) in [4.78, 5) is 1.01. The van der Waals surface area contributed by atoms with Crippen molar-refractivity contribution in [3.05, 3.63) is 19.9 Å². The summed E-state index contributed by atoms with van der Waals surface area (Å²) in [5.74, 6) is 1.18. The van der Waals surface area contributed by atoms with E-state index in [4.69, 9.17) is 10.3 Å². The van der Waals surface area contributed by atoms with Gasteiger partial charge in [0.05, 0.1) is 8.66 Å². The number of nitrogens with zero attached hydrogens (tertiary/aromatic N) is 1. The van der Waals surface area contributed by atoms with Crippen LogP contribution in [-0.2, 0) is 0 Å². The number of hydrogen-bond acceptors (Lipinski definition) is 4. The summed E-state index contributed by atoms with van der Waals surface area (Å²) < 4.78 is 7.18. The van der Waals surface area contributed by atoms with Gasteiger partial charge in [0.1, 0.15) is 0 Å². The van der Waals surface area contributed by atoms with E-state index in [1.165, 1.54) is 0 Å². The average molecular weight is 338 g/mol. The Morgan fingerprint density at radius 2 is 2.21 bits per heavy atom. The minimum atomic E-state index is 0.445. The second-order valence-electron chi connectivity index (χ2n) is 2.75. The third kappa shape index (κ3) is 1.62. The second-order valence-corrected chi connectivity index (χ2v) is 5.98. The highest BCUT2D eigenvalue weighted by Crippen LogP contribution is 2.40. The standard InChI is InChI=1S/C8H6Br2N2OS/c1-3-6(13-12-8(3)11)5-2-4(9)7(10)14-5/h2H,1H3,(H2,11,12). The van der Waals surface area contributed by atoms with E-state index >= 15 is 0 Å². The summed E-state index contributed by atoms with van der Waals surface area (Å²) in [6.45, 7) is 1.89. The molecule has 0 aliphatic carbocycles. The van der Waals surface area contributed by atoms with Crippen LogP contribution in [0.1, 0.15) is 5.56 Å². The van der Waals surface area contributed by atoms with Gasteiger partial charge in [-0.25, -0.2) is 0 Å². The Morgan fingerprint density at radius 3 is 2.64 bits per heavy atom. The van der Waals surface area contributed by atoms with Crippen molar-refractivity contribution in [1.29, 1.82) is 0 Å². The Labute approximate surface area is 102 Å². The van der Waals surface area contributed by atoms with Gasteiger partial charge in [-0.2, -0.15) is 0 Å². The van der Waals surface area contributed by atoms with E-state index in [9.17, 15) is 0 Å². The zero-order chi connectivity index (χ0) is 10.3. The van der Waals surface area contributed by atoms with Gasteiger partial charge in [0.2, 0.25) is 0 Å². The van der Waals surface area contributed by atoms with Gasteiger partial charge >= 0.3 is 0 Å². The predicted octanol–water partition coefficient (Wildman–Crippen LogP) is 3.82. The van der Waals surface area contributed by atoms with E-state index in [1.54, 1.807) is 11.3 Å². The number of nitrogen functional groups attached to an aromatic ring is 1. The molecule has 0 spiro atoms. The number of anilines is 1. The first-order chi connectivity index (χ1) is 6.59. The van der Waals surface area contributed by atoms with Gasteiger partial charge in [0, 0.05) is 10.0 Å². The van der Waals surface area contributed by atoms with E-state index in [0.29, 0.717) is 5.82 Å². The van der Waals surface area contributed by atoms with Crippen LogP contribution in [-0.4, -0.2) is 5.16 Å². The number of halogens is 2. The minimum absolute atomic E-state index is 0.445. The smallest absolute Gasteiger partial charge is 0.181 e. The summed E-state index contributed by atoms with van der Waals surface area (Å²) in [6, 6.07) is 1.97. The van der Waals surface area contributed by atoms with Crippen molar-refractivity contribution in [3.8, 4) is 10.6 Å². The normalized spacial score (nSPS) is 10.8. The van der Waals surface area contributed by atoms with Crippen molar-refractivity contribution in [2.24, 2.45) is 0 Å². The first-order valence-electron chi connectivity index (χ1n) is 3.76. The second kappa shape index (κ2) is 3.67. The first kappa shape index (κ1) is 10.2. The molecule has 74 valence electrons. The maximum atomic E-state index is 5.60. The molecule has 3 nitrogen and oxygen atoms in total. The van der Waals surface area contributed by atoms with Crippen LogP contribution in [0.25, 0.3) is 10.6 Å². The maximum absolute atomic E-state index is 5.60. The van der Waals surface area contributed by atoms with Gasteiger partial charge in [-0.05, 0) is 44.8 Å². The molecule has 2 heterocycles. The SMILES string of the molecule is Cc1c(N)noc1-c1cc(Br)c(Br)s1. The molecule has 0 saturated carbocycles. The fraction of sp³-hybridized carbons (Fsp3) is 0.125. The van der Waals surface area contributed by atoms with Crippen LogP contribution in [0.2, 0.25) is 0 Å². The maximum Gasteiger partial charge on any atom is 0.181 e. The Balaban J connectivity index is 2.54. The van der Waals surface area contributed by atoms with Gasteiger partial charge in [0.15, 0.2) is 11.6 Å². The van der Waals surface area contributed by atoms with Crippen LogP contribution >= 0.6 is 43.2 Å². The van der Waals surface area contributed by atoms with Crippen LogP contribution in [0.15, 0.2) is 18.8 Å². The van der Waals surface area contributed by atoms with Crippen molar-refractivity contribution in [2.45, 2.75) is 6.92 Å². The minimum Gasteiger partial charge on any atom is -0.381 e. The third-order valence-corrected chi connectivity index (χ3v) is 5.08. The van der Waals surface area contributed by atoms with Crippen LogP contribution < -0.4 is 5.73 Å². The molecule has 0 aliphatic heterocycles. The number of hydrogen-bond donors (Lipinski definition) is 1. The van der Waals surface area contributed by atoms with E-state index < -0.39 is 0 Å². The zero-order valence-corrected chi connectivity index (χ0v) is 11.2. The average Bonchev–Trinajstić information content (AvgIpc) is 2.61. The number of nitrogens with two attached hydrogens (primary N) is 1. The summed E-state index contributed by atoms with van der Waals surface area (Å²) >= 11 is 8.41. The summed E-state index contributed by atoms with van der Waals surface area (Å²) in [7, 11) is 0. The topological polar surface area (TPSA) is 52.0 Å². The highest BCUT2D eigenvalue weighted by Gasteiger charge is 2.15. The summed E-state index contributed by atoms with van der Waals surface area (Å²) in [5.41, 5.74) is 6.48. The number of thiophene rings is 1. The van der Waals surface area contributed by atoms with Crippen molar-refractivity contribution in [3.63, 3.8) is 0 Å². The van der Waals surface area contributed by atoms with Crippen molar-refractivity contribution < 1.29 is 4.52 Å². The van der Waals surface area contributed by atoms with Crippen molar-refractivity contribution in [1.82, 2.24) is 5.16 Å². The molecular formula is C8H6Br2N2OS. The molecule has 0 aromatic carbocycles. The molecule has 6 heteroatoms. The number of aromatic nitrogens is 1. The molecule has 0 aliphatic rings. The lowest BCUT2D eigenvalue weighted by atomic mass is 10.2. The molecule has 0 fully saturated rings. The molecule has 0 radical (unpaired) electrons. The molecule has 0 amide bonds. The van der Waals surface area contributed by atoms with Crippen LogP contribution in [0.3, 0.4) is 0 Å². The van der Waals surface area contributed by atoms with Gasteiger partial charge < -0.3 is 10.3 Å². The van der Waals surface area contributed by atoms with Crippen molar-refractivity contribution in [2.75, 3.05) is 5.73 Å². The highest BCUT2D eigenvalue weighted by atomic mass is 79.9. The molecule has 0 atom stereocenters. The molecule has 0 bridgehead atoms. The quantitative estimate of drug-likeness (QED) is 0.860. The van der Waals surface area contributed by atoms with Gasteiger partial charge in [-0.1, -0.05) is 5.16 Å². The third-order valence-electron chi connectivity index (χ3n) is 1.83. The Bertz CT molecular complexity index is 458. The Kier molecular flexibility index (Phi) is 2.68. The molecule has 2 N–H and O–H groups in total. The van der Waals surface area contributed by atoms with Gasteiger partial charge in [-0.15, -0.1) is 11.3 Å². The molecule has 0 unspecified atom stereocenters. The van der Waals surface area contributed by atoms with Crippen molar-refractivity contribution >= 4 is 49.0 Å². The van der Waals surface area contributed by atoms with Gasteiger partial charge in [-0.3, -0.25) is 0 Å².